The van der Waals surface area contributed by atoms with Crippen LogP contribution in [-0.4, -0.2) is 41.9 Å². The number of rotatable bonds is 6. The number of benzene rings is 2. The summed E-state index contributed by atoms with van der Waals surface area (Å²) in [6, 6.07) is 13.6. The second-order valence-electron chi connectivity index (χ2n) is 8.09. The highest BCUT2D eigenvalue weighted by atomic mass is 35.5. The van der Waals surface area contributed by atoms with Gasteiger partial charge in [-0.3, -0.25) is 10.4 Å². The van der Waals surface area contributed by atoms with E-state index in [2.05, 4.69) is 5.32 Å². The van der Waals surface area contributed by atoms with E-state index in [9.17, 15) is 0 Å². The molecule has 1 spiro atoms. The van der Waals surface area contributed by atoms with E-state index in [0.29, 0.717) is 23.3 Å². The molecule has 0 radical (unpaired) electrons. The summed E-state index contributed by atoms with van der Waals surface area (Å²) >= 11 is 11.9. The maximum atomic E-state index is 8.44. The molecule has 1 fully saturated rings. The zero-order chi connectivity index (χ0) is 22.9. The van der Waals surface area contributed by atoms with Crippen LogP contribution < -0.4 is 16.0 Å². The average molecular weight is 469 g/mol. The Kier molecular flexibility index (Phi) is 6.38. The summed E-state index contributed by atoms with van der Waals surface area (Å²) in [6.07, 6.45) is 4.44. The lowest BCUT2D eigenvalue weighted by Gasteiger charge is -2.33. The lowest BCUT2D eigenvalue weighted by Crippen LogP contribution is -2.52. The molecule has 166 valence electrons. The van der Waals surface area contributed by atoms with Crippen molar-refractivity contribution < 1.29 is 0 Å². The van der Waals surface area contributed by atoms with Crippen LogP contribution in [0.5, 0.6) is 0 Å². The van der Waals surface area contributed by atoms with Gasteiger partial charge in [-0.25, -0.2) is 0 Å². The van der Waals surface area contributed by atoms with Crippen LogP contribution >= 0.6 is 23.2 Å². The first-order chi connectivity index (χ1) is 15.4. The van der Waals surface area contributed by atoms with E-state index in [0.717, 1.165) is 46.5 Å². The molecule has 4 rings (SSSR count). The van der Waals surface area contributed by atoms with Crippen LogP contribution in [0.25, 0.3) is 5.57 Å². The molecule has 5 N–H and O–H groups in total. The third-order valence-corrected chi connectivity index (χ3v) is 6.34. The van der Waals surface area contributed by atoms with Crippen LogP contribution in [-0.2, 0) is 0 Å². The summed E-state index contributed by atoms with van der Waals surface area (Å²) in [6.45, 7) is 2.36. The fourth-order valence-electron chi connectivity index (χ4n) is 4.05. The standard InChI is InChI=1S/C24H26Cl2N6/c1-15(28)32-21-7-4-17(18(13-27)14-30-11-10-25)12-20(21)22(16-2-5-19(26)6-3-16)31-24(8-9-24)23(32)29/h2-7,12-14,23,27-28,30H,8-11,29H2,1H3/b18-14+,27-13?,28-15?. The van der Waals surface area contributed by atoms with Gasteiger partial charge in [-0.05, 0) is 49.6 Å². The van der Waals surface area contributed by atoms with E-state index < -0.39 is 11.7 Å². The first kappa shape index (κ1) is 22.5. The number of nitrogens with zero attached hydrogens (tertiary/aromatic N) is 2. The molecule has 2 aromatic carbocycles. The summed E-state index contributed by atoms with van der Waals surface area (Å²) in [5.41, 5.74) is 11.3. The van der Waals surface area contributed by atoms with E-state index >= 15 is 0 Å². The predicted octanol–water partition coefficient (Wildman–Crippen LogP) is 4.63. The molecule has 1 unspecified atom stereocenters. The van der Waals surface area contributed by atoms with Gasteiger partial charge in [0, 0.05) is 46.6 Å². The Balaban J connectivity index is 1.92. The molecule has 2 aromatic rings. The summed E-state index contributed by atoms with van der Waals surface area (Å²) < 4.78 is 0. The number of nitrogens with two attached hydrogens (primary N) is 1. The summed E-state index contributed by atoms with van der Waals surface area (Å²) in [5.74, 6) is 0.851. The molecule has 1 aliphatic heterocycles. The third-order valence-electron chi connectivity index (χ3n) is 5.90. The SMILES string of the molecule is CC(=N)N1c2ccc(/C(C=N)=C/NCCCl)cc2C(c2ccc(Cl)cc2)=NC2(CC2)C1N. The Labute approximate surface area is 198 Å². The lowest BCUT2D eigenvalue weighted by atomic mass is 9.95. The third kappa shape index (κ3) is 4.18. The zero-order valence-electron chi connectivity index (χ0n) is 17.8. The summed E-state index contributed by atoms with van der Waals surface area (Å²) in [7, 11) is 0. The Hall–Kier alpha value is -2.67. The number of halogens is 2. The molecule has 1 saturated carbocycles. The molecule has 1 heterocycles. The van der Waals surface area contributed by atoms with Gasteiger partial charge in [0.1, 0.15) is 6.17 Å². The van der Waals surface area contributed by atoms with Crippen molar-refractivity contribution in [2.24, 2.45) is 10.7 Å². The number of allylic oxidation sites excluding steroid dienone is 1. The summed E-state index contributed by atoms with van der Waals surface area (Å²) in [4.78, 5) is 7.05. The topological polar surface area (TPSA) is 101 Å². The van der Waals surface area contributed by atoms with Crippen LogP contribution in [0.1, 0.15) is 36.5 Å². The predicted molar refractivity (Wildman–Crippen MR) is 135 cm³/mol. The molecule has 1 atom stereocenters. The van der Waals surface area contributed by atoms with Crippen LogP contribution in [0, 0.1) is 10.8 Å². The zero-order valence-corrected chi connectivity index (χ0v) is 19.3. The quantitative estimate of drug-likeness (QED) is 0.215. The first-order valence-corrected chi connectivity index (χ1v) is 11.4. The maximum Gasteiger partial charge on any atom is 0.109 e. The van der Waals surface area contributed by atoms with Gasteiger partial charge >= 0.3 is 0 Å². The van der Waals surface area contributed by atoms with Gasteiger partial charge < -0.3 is 21.4 Å². The number of hydrogen-bond acceptors (Lipinski definition) is 5. The minimum Gasteiger partial charge on any atom is -0.389 e. The molecule has 2 aliphatic rings. The molecule has 0 bridgehead atoms. The van der Waals surface area contributed by atoms with Gasteiger partial charge in [0.25, 0.3) is 0 Å². The number of alkyl halides is 1. The van der Waals surface area contributed by atoms with Crippen molar-refractivity contribution in [1.29, 1.82) is 10.8 Å². The number of amidine groups is 1. The maximum absolute atomic E-state index is 8.44. The second-order valence-corrected chi connectivity index (χ2v) is 8.90. The molecule has 8 heteroatoms. The minimum absolute atomic E-state index is 0.372. The van der Waals surface area contributed by atoms with Gasteiger partial charge in [-0.1, -0.05) is 29.8 Å². The van der Waals surface area contributed by atoms with Crippen LogP contribution in [0.3, 0.4) is 0 Å². The molecular weight excluding hydrogens is 443 g/mol. The van der Waals surface area contributed by atoms with Crippen LogP contribution in [0.4, 0.5) is 5.69 Å². The minimum atomic E-state index is -0.419. The van der Waals surface area contributed by atoms with Gasteiger partial charge in [-0.15, -0.1) is 11.6 Å². The van der Waals surface area contributed by atoms with E-state index in [1.54, 1.807) is 13.1 Å². The molecule has 32 heavy (non-hydrogen) atoms. The molecule has 0 saturated heterocycles. The Morgan fingerprint density at radius 1 is 1.28 bits per heavy atom. The number of anilines is 1. The monoisotopic (exact) mass is 468 g/mol. The normalized spacial score (nSPS) is 19.1. The second kappa shape index (κ2) is 9.06. The highest BCUT2D eigenvalue weighted by Gasteiger charge is 2.53. The smallest absolute Gasteiger partial charge is 0.109 e. The van der Waals surface area contributed by atoms with Crippen molar-refractivity contribution in [1.82, 2.24) is 5.32 Å². The lowest BCUT2D eigenvalue weighted by molar-refractivity contribution is 0.531. The van der Waals surface area contributed by atoms with Crippen molar-refractivity contribution >= 4 is 52.2 Å². The highest BCUT2D eigenvalue weighted by molar-refractivity contribution is 6.30. The van der Waals surface area contributed by atoms with Crippen LogP contribution in [0.2, 0.25) is 5.02 Å². The summed E-state index contributed by atoms with van der Waals surface area (Å²) in [5, 5.41) is 20.1. The van der Waals surface area contributed by atoms with Gasteiger partial charge in [0.05, 0.1) is 22.8 Å². The van der Waals surface area contributed by atoms with Gasteiger partial charge in [0.2, 0.25) is 0 Å². The van der Waals surface area contributed by atoms with Crippen molar-refractivity contribution in [2.75, 3.05) is 17.3 Å². The van der Waals surface area contributed by atoms with Crippen LogP contribution in [0.15, 0.2) is 53.7 Å². The van der Waals surface area contributed by atoms with Crippen molar-refractivity contribution in [3.8, 4) is 0 Å². The van der Waals surface area contributed by atoms with E-state index in [1.165, 1.54) is 6.21 Å². The molecule has 0 amide bonds. The van der Waals surface area contributed by atoms with E-state index in [-0.39, 0.29) is 0 Å². The highest BCUT2D eigenvalue weighted by Crippen LogP contribution is 2.48. The fourth-order valence-corrected chi connectivity index (χ4v) is 4.29. The number of aliphatic imine (C=N–C) groups is 1. The van der Waals surface area contributed by atoms with Crippen molar-refractivity contribution in [2.45, 2.75) is 31.5 Å². The molecule has 1 aliphatic carbocycles. The van der Waals surface area contributed by atoms with Gasteiger partial charge in [0.15, 0.2) is 0 Å². The fraction of sp³-hybridized carbons (Fsp3) is 0.292. The van der Waals surface area contributed by atoms with E-state index in [1.807, 2.05) is 47.4 Å². The molecular formula is C24H26Cl2N6. The molecule has 0 aromatic heterocycles. The van der Waals surface area contributed by atoms with Gasteiger partial charge in [-0.2, -0.15) is 0 Å². The number of fused-ring (bicyclic) bond motifs is 1. The van der Waals surface area contributed by atoms with Crippen molar-refractivity contribution in [3.63, 3.8) is 0 Å². The Morgan fingerprint density at radius 2 is 2.00 bits per heavy atom. The largest absolute Gasteiger partial charge is 0.389 e. The van der Waals surface area contributed by atoms with E-state index in [4.69, 9.17) is 44.7 Å². The Bertz CT molecular complexity index is 1100. The average Bonchev–Trinajstić information content (AvgIpc) is 3.58. The number of nitrogens with one attached hydrogen (secondary N) is 3. The Morgan fingerprint density at radius 3 is 2.59 bits per heavy atom. The number of hydrogen-bond donors (Lipinski definition) is 4. The molecule has 6 nitrogen and oxygen atoms in total. The first-order valence-electron chi connectivity index (χ1n) is 10.5. The van der Waals surface area contributed by atoms with Crippen molar-refractivity contribution in [3.05, 3.63) is 70.4 Å².